The summed E-state index contributed by atoms with van der Waals surface area (Å²) in [6.07, 6.45) is 5.91. The van der Waals surface area contributed by atoms with E-state index >= 15 is 0 Å². The molecular weight excluding hydrogens is 396 g/mol. The Balaban J connectivity index is 0.00000218. The first-order valence-electron chi connectivity index (χ1n) is 10.1. The Hall–Kier alpha value is -2.89. The Bertz CT molecular complexity index is 1270. The molecule has 0 aliphatic carbocycles. The molecule has 4 aromatic rings. The highest BCUT2D eigenvalue weighted by Gasteiger charge is 2.17. The van der Waals surface area contributed by atoms with Crippen LogP contribution in [0.15, 0.2) is 59.7 Å². The molecule has 30 heavy (non-hydrogen) atoms. The summed E-state index contributed by atoms with van der Waals surface area (Å²) in [5.41, 5.74) is 7.54. The van der Waals surface area contributed by atoms with Crippen LogP contribution in [0.25, 0.3) is 27.8 Å². The van der Waals surface area contributed by atoms with Crippen molar-refractivity contribution in [2.24, 2.45) is 7.05 Å². The maximum absolute atomic E-state index is 12.9. The average Bonchev–Trinajstić information content (AvgIpc) is 2.89. The number of aromatic nitrogens is 3. The van der Waals surface area contributed by atoms with Crippen LogP contribution in [0.4, 0.5) is 0 Å². The van der Waals surface area contributed by atoms with Crippen molar-refractivity contribution in [2.45, 2.75) is 26.3 Å². The number of benzene rings is 1. The smallest absolute Gasteiger partial charge is 0.255 e. The lowest BCUT2D eigenvalue weighted by atomic mass is 10.1. The Labute approximate surface area is 181 Å². The first-order valence-corrected chi connectivity index (χ1v) is 10.1. The van der Waals surface area contributed by atoms with Crippen LogP contribution in [0.2, 0.25) is 0 Å². The predicted octanol–water partition coefficient (Wildman–Crippen LogP) is 4.16. The second kappa shape index (κ2) is 8.09. The van der Waals surface area contributed by atoms with Gasteiger partial charge in [0.15, 0.2) is 0 Å². The molecule has 1 N–H and O–H groups in total. The highest BCUT2D eigenvalue weighted by molar-refractivity contribution is 5.87. The normalized spacial score (nSPS) is 13.5. The summed E-state index contributed by atoms with van der Waals surface area (Å²) in [7, 11) is 2.12. The molecule has 4 heterocycles. The third kappa shape index (κ3) is 3.44. The predicted molar refractivity (Wildman–Crippen MR) is 124 cm³/mol. The van der Waals surface area contributed by atoms with Gasteiger partial charge in [-0.3, -0.25) is 14.3 Å². The quantitative estimate of drug-likeness (QED) is 0.529. The maximum atomic E-state index is 12.9. The molecule has 0 fully saturated rings. The largest absolute Gasteiger partial charge is 0.346 e. The van der Waals surface area contributed by atoms with E-state index in [0.29, 0.717) is 0 Å². The SMILES string of the molecule is Cc1ccc(-c2ccn(-c3ccc4c5c(n(C)c4c3)CNCCC5)c(=O)c2)nc1.Cl. The molecule has 5 nitrogen and oxygen atoms in total. The van der Waals surface area contributed by atoms with E-state index in [9.17, 15) is 4.79 Å². The molecule has 0 unspecified atom stereocenters. The highest BCUT2D eigenvalue weighted by Crippen LogP contribution is 2.29. The molecule has 0 atom stereocenters. The zero-order valence-corrected chi connectivity index (χ0v) is 18.0. The van der Waals surface area contributed by atoms with Gasteiger partial charge in [0.25, 0.3) is 5.56 Å². The van der Waals surface area contributed by atoms with Gasteiger partial charge in [-0.15, -0.1) is 12.4 Å². The van der Waals surface area contributed by atoms with E-state index in [1.54, 1.807) is 10.6 Å². The van der Waals surface area contributed by atoms with Gasteiger partial charge in [0.1, 0.15) is 0 Å². The molecule has 5 rings (SSSR count). The van der Waals surface area contributed by atoms with Gasteiger partial charge in [-0.05, 0) is 61.7 Å². The summed E-state index contributed by atoms with van der Waals surface area (Å²) in [4.78, 5) is 17.3. The summed E-state index contributed by atoms with van der Waals surface area (Å²) in [6, 6.07) is 13.9. The topological polar surface area (TPSA) is 51.9 Å². The molecule has 6 heteroatoms. The molecule has 0 spiro atoms. The minimum atomic E-state index is -0.0540. The van der Waals surface area contributed by atoms with Crippen molar-refractivity contribution in [3.8, 4) is 16.9 Å². The van der Waals surface area contributed by atoms with Crippen molar-refractivity contribution in [1.82, 2.24) is 19.4 Å². The van der Waals surface area contributed by atoms with Crippen molar-refractivity contribution < 1.29 is 0 Å². The molecule has 1 aromatic carbocycles. The van der Waals surface area contributed by atoms with E-state index in [1.807, 2.05) is 43.6 Å². The van der Waals surface area contributed by atoms with Crippen molar-refractivity contribution in [3.05, 3.63) is 82.0 Å². The van der Waals surface area contributed by atoms with E-state index in [4.69, 9.17) is 0 Å². The summed E-state index contributed by atoms with van der Waals surface area (Å²) in [5, 5.41) is 4.80. The number of halogens is 1. The highest BCUT2D eigenvalue weighted by atomic mass is 35.5. The van der Waals surface area contributed by atoms with E-state index in [-0.39, 0.29) is 18.0 Å². The Morgan fingerprint density at radius 1 is 1.10 bits per heavy atom. The molecule has 0 saturated carbocycles. The van der Waals surface area contributed by atoms with Gasteiger partial charge in [-0.1, -0.05) is 12.1 Å². The van der Waals surface area contributed by atoms with Crippen LogP contribution in [0.3, 0.4) is 0 Å². The number of nitrogens with zero attached hydrogens (tertiary/aromatic N) is 3. The number of rotatable bonds is 2. The number of aryl methyl sites for hydroxylation is 3. The van der Waals surface area contributed by atoms with Crippen molar-refractivity contribution in [3.63, 3.8) is 0 Å². The molecule has 154 valence electrons. The van der Waals surface area contributed by atoms with Crippen molar-refractivity contribution in [1.29, 1.82) is 0 Å². The zero-order valence-electron chi connectivity index (χ0n) is 17.2. The molecule has 0 amide bonds. The minimum absolute atomic E-state index is 0. The second-order valence-corrected chi connectivity index (χ2v) is 7.81. The summed E-state index contributed by atoms with van der Waals surface area (Å²) >= 11 is 0. The molecule has 0 bridgehead atoms. The first-order chi connectivity index (χ1) is 14.1. The fraction of sp³-hybridized carbons (Fsp3) is 0.250. The van der Waals surface area contributed by atoms with Gasteiger partial charge in [0, 0.05) is 48.7 Å². The van der Waals surface area contributed by atoms with Gasteiger partial charge in [0.2, 0.25) is 0 Å². The monoisotopic (exact) mass is 420 g/mol. The van der Waals surface area contributed by atoms with Crippen LogP contribution < -0.4 is 10.9 Å². The third-order valence-corrected chi connectivity index (χ3v) is 5.90. The number of nitrogens with one attached hydrogen (secondary N) is 1. The maximum Gasteiger partial charge on any atom is 0.255 e. The van der Waals surface area contributed by atoms with E-state index < -0.39 is 0 Å². The molecule has 3 aromatic heterocycles. The Morgan fingerprint density at radius 2 is 1.97 bits per heavy atom. The number of hydrogen-bond acceptors (Lipinski definition) is 3. The summed E-state index contributed by atoms with van der Waals surface area (Å²) in [5.74, 6) is 0. The van der Waals surface area contributed by atoms with Crippen molar-refractivity contribution in [2.75, 3.05) is 6.54 Å². The standard InChI is InChI=1S/C24H24N4O.ClH/c1-16-5-8-21(26-14-16)17-9-11-28(24(29)12-17)18-6-7-20-19-4-3-10-25-15-23(19)27(2)22(20)13-18;/h5-9,11-14,25H,3-4,10,15H2,1-2H3;1H. The molecule has 0 radical (unpaired) electrons. The zero-order chi connectivity index (χ0) is 20.0. The second-order valence-electron chi connectivity index (χ2n) is 7.81. The fourth-order valence-electron chi connectivity index (χ4n) is 4.30. The fourth-order valence-corrected chi connectivity index (χ4v) is 4.30. The van der Waals surface area contributed by atoms with Crippen LogP contribution in [0.5, 0.6) is 0 Å². The molecule has 1 aliphatic heterocycles. The lowest BCUT2D eigenvalue weighted by molar-refractivity contribution is 0.661. The minimum Gasteiger partial charge on any atom is -0.346 e. The lowest BCUT2D eigenvalue weighted by Crippen LogP contribution is -2.16. The average molecular weight is 421 g/mol. The van der Waals surface area contributed by atoms with Crippen LogP contribution in [0.1, 0.15) is 23.2 Å². The molecular formula is C24H25ClN4O. The summed E-state index contributed by atoms with van der Waals surface area (Å²) < 4.78 is 3.97. The van der Waals surface area contributed by atoms with Gasteiger partial charge in [-0.2, -0.15) is 0 Å². The first kappa shape index (κ1) is 20.4. The van der Waals surface area contributed by atoms with Crippen LogP contribution >= 0.6 is 12.4 Å². The van der Waals surface area contributed by atoms with Crippen LogP contribution in [0, 0.1) is 6.92 Å². The van der Waals surface area contributed by atoms with E-state index in [2.05, 4.69) is 34.0 Å². The van der Waals surface area contributed by atoms with Crippen molar-refractivity contribution >= 4 is 23.3 Å². The van der Waals surface area contributed by atoms with Gasteiger partial charge >= 0.3 is 0 Å². The number of pyridine rings is 2. The van der Waals surface area contributed by atoms with E-state index in [1.165, 1.54) is 22.2 Å². The van der Waals surface area contributed by atoms with Crippen LogP contribution in [-0.2, 0) is 20.0 Å². The Kier molecular flexibility index (Phi) is 5.50. The van der Waals surface area contributed by atoms with Gasteiger partial charge < -0.3 is 9.88 Å². The van der Waals surface area contributed by atoms with Gasteiger partial charge in [0.05, 0.1) is 16.9 Å². The van der Waals surface area contributed by atoms with Gasteiger partial charge in [-0.25, -0.2) is 0 Å². The number of hydrogen-bond donors (Lipinski definition) is 1. The summed E-state index contributed by atoms with van der Waals surface area (Å²) in [6.45, 7) is 3.96. The molecule has 0 saturated heterocycles. The molecule has 1 aliphatic rings. The van der Waals surface area contributed by atoms with E-state index in [0.717, 1.165) is 48.4 Å². The lowest BCUT2D eigenvalue weighted by Gasteiger charge is -2.09. The third-order valence-electron chi connectivity index (χ3n) is 5.90. The number of fused-ring (bicyclic) bond motifs is 3. The Morgan fingerprint density at radius 3 is 2.73 bits per heavy atom. The van der Waals surface area contributed by atoms with Crippen LogP contribution in [-0.4, -0.2) is 20.7 Å².